The van der Waals surface area contributed by atoms with Gasteiger partial charge in [0.25, 0.3) is 11.5 Å². The van der Waals surface area contributed by atoms with Crippen LogP contribution in [0.4, 0.5) is 0 Å². The van der Waals surface area contributed by atoms with E-state index in [1.807, 2.05) is 38.1 Å². The second-order valence-electron chi connectivity index (χ2n) is 9.16. The molecule has 1 saturated heterocycles. The van der Waals surface area contributed by atoms with E-state index in [1.165, 1.54) is 4.57 Å². The normalized spacial score (nSPS) is 16.3. The molecule has 5 rings (SSSR count). The Morgan fingerprint density at radius 3 is 2.68 bits per heavy atom. The number of hydrogen-bond donors (Lipinski definition) is 1. The number of hydrogen-bond acceptors (Lipinski definition) is 8. The Labute approximate surface area is 223 Å². The number of amides is 1. The van der Waals surface area contributed by atoms with Crippen molar-refractivity contribution in [2.75, 3.05) is 46.2 Å². The molecule has 9 nitrogen and oxygen atoms in total. The standard InChI is InChI=1S/C28H28N4O5S/c1-18-3-5-22(19(2)13-18)32-27(34)25(15-20-4-6-23-24(14-20)37-17-36-23)38-28(32)21(16-29)26(33)30-7-8-31-9-11-35-12-10-31/h3-6,13-15H,7-12,17H2,1-2H3,(H,30,33)/b25-15-,28-21-. The van der Waals surface area contributed by atoms with Crippen LogP contribution in [-0.4, -0.2) is 61.6 Å². The minimum absolute atomic E-state index is 0.0978. The summed E-state index contributed by atoms with van der Waals surface area (Å²) in [6.07, 6.45) is 1.74. The molecule has 1 aromatic heterocycles. The molecule has 2 aliphatic heterocycles. The van der Waals surface area contributed by atoms with Crippen molar-refractivity contribution < 1.29 is 19.0 Å². The average Bonchev–Trinajstić information content (AvgIpc) is 3.50. The Morgan fingerprint density at radius 1 is 1.13 bits per heavy atom. The van der Waals surface area contributed by atoms with Gasteiger partial charge in [-0.1, -0.05) is 23.8 Å². The molecular formula is C28H28N4O5S. The van der Waals surface area contributed by atoms with Crippen LogP contribution in [0.3, 0.4) is 0 Å². The molecule has 3 heterocycles. The van der Waals surface area contributed by atoms with Crippen LogP contribution in [0.15, 0.2) is 41.2 Å². The van der Waals surface area contributed by atoms with E-state index in [2.05, 4.69) is 16.3 Å². The summed E-state index contributed by atoms with van der Waals surface area (Å²) in [5, 5.41) is 12.9. The van der Waals surface area contributed by atoms with Crippen LogP contribution < -0.4 is 29.5 Å². The van der Waals surface area contributed by atoms with Crippen LogP contribution in [0, 0.1) is 25.2 Å². The monoisotopic (exact) mass is 532 g/mol. The van der Waals surface area contributed by atoms with E-state index in [4.69, 9.17) is 14.2 Å². The van der Waals surface area contributed by atoms with Gasteiger partial charge in [0.2, 0.25) is 6.79 Å². The number of nitrogens with zero attached hydrogens (tertiary/aromatic N) is 3. The second-order valence-corrected chi connectivity index (χ2v) is 10.2. The van der Waals surface area contributed by atoms with Gasteiger partial charge in [-0.25, -0.2) is 0 Å². The number of aromatic nitrogens is 1. The molecule has 1 amide bonds. The first kappa shape index (κ1) is 25.7. The number of thiazole rings is 1. The zero-order valence-corrected chi connectivity index (χ0v) is 22.1. The van der Waals surface area contributed by atoms with Crippen LogP contribution >= 0.6 is 11.3 Å². The molecule has 1 fully saturated rings. The molecule has 38 heavy (non-hydrogen) atoms. The fourth-order valence-electron chi connectivity index (χ4n) is 4.52. The zero-order valence-electron chi connectivity index (χ0n) is 21.3. The summed E-state index contributed by atoms with van der Waals surface area (Å²) in [7, 11) is 0. The van der Waals surface area contributed by atoms with E-state index in [9.17, 15) is 14.9 Å². The third-order valence-electron chi connectivity index (χ3n) is 6.48. The second kappa shape index (κ2) is 11.2. The molecule has 0 atom stereocenters. The third-order valence-corrected chi connectivity index (χ3v) is 7.57. The Kier molecular flexibility index (Phi) is 7.60. The first-order chi connectivity index (χ1) is 18.4. The van der Waals surface area contributed by atoms with Gasteiger partial charge in [0.05, 0.1) is 23.4 Å². The number of nitrogens with one attached hydrogen (secondary N) is 1. The van der Waals surface area contributed by atoms with E-state index in [0.29, 0.717) is 52.7 Å². The molecule has 1 N–H and O–H groups in total. The summed E-state index contributed by atoms with van der Waals surface area (Å²) in [5.74, 6) is 0.750. The Bertz CT molecular complexity index is 1590. The maximum atomic E-state index is 13.7. The molecule has 0 unspecified atom stereocenters. The quantitative estimate of drug-likeness (QED) is 0.509. The Morgan fingerprint density at radius 2 is 1.92 bits per heavy atom. The number of ether oxygens (including phenoxy) is 3. The van der Waals surface area contributed by atoms with Crippen molar-refractivity contribution in [2.45, 2.75) is 13.8 Å². The van der Waals surface area contributed by atoms with Crippen molar-refractivity contribution in [3.8, 4) is 23.3 Å². The molecular weight excluding hydrogens is 504 g/mol. The summed E-state index contributed by atoms with van der Waals surface area (Å²) in [5.41, 5.74) is 2.90. The number of aryl methyl sites for hydroxylation is 2. The van der Waals surface area contributed by atoms with E-state index in [-0.39, 0.29) is 17.9 Å². The number of fused-ring (bicyclic) bond motifs is 1. The van der Waals surface area contributed by atoms with Gasteiger partial charge >= 0.3 is 0 Å². The predicted molar refractivity (Wildman–Crippen MR) is 144 cm³/mol. The molecule has 2 aliphatic rings. The molecule has 0 saturated carbocycles. The smallest absolute Gasteiger partial charge is 0.273 e. The molecule has 3 aromatic rings. The molecule has 0 aliphatic carbocycles. The number of rotatable bonds is 6. The van der Waals surface area contributed by atoms with Crippen molar-refractivity contribution in [3.05, 3.63) is 72.6 Å². The summed E-state index contributed by atoms with van der Waals surface area (Å²) >= 11 is 1.12. The maximum absolute atomic E-state index is 13.7. The predicted octanol–water partition coefficient (Wildman–Crippen LogP) is 1.20. The largest absolute Gasteiger partial charge is 0.454 e. The average molecular weight is 533 g/mol. The highest BCUT2D eigenvalue weighted by atomic mass is 32.1. The summed E-state index contributed by atoms with van der Waals surface area (Å²) in [6.45, 7) is 8.04. The minimum atomic E-state index is -0.504. The maximum Gasteiger partial charge on any atom is 0.273 e. The minimum Gasteiger partial charge on any atom is -0.454 e. The van der Waals surface area contributed by atoms with Crippen molar-refractivity contribution in [1.29, 1.82) is 5.26 Å². The van der Waals surface area contributed by atoms with Crippen molar-refractivity contribution in [2.24, 2.45) is 0 Å². The lowest BCUT2D eigenvalue weighted by Gasteiger charge is -2.26. The van der Waals surface area contributed by atoms with E-state index in [1.54, 1.807) is 18.2 Å². The number of morpholine rings is 1. The summed E-state index contributed by atoms with van der Waals surface area (Å²) in [4.78, 5) is 29.1. The molecule has 2 aromatic carbocycles. The van der Waals surface area contributed by atoms with Crippen LogP contribution in [0.5, 0.6) is 11.5 Å². The van der Waals surface area contributed by atoms with Crippen molar-refractivity contribution in [1.82, 2.24) is 14.8 Å². The first-order valence-electron chi connectivity index (χ1n) is 12.4. The molecule has 0 radical (unpaired) electrons. The molecule has 0 bridgehead atoms. The van der Waals surface area contributed by atoms with E-state index < -0.39 is 5.91 Å². The first-order valence-corrected chi connectivity index (χ1v) is 13.2. The molecule has 196 valence electrons. The number of benzene rings is 2. The van der Waals surface area contributed by atoms with Crippen LogP contribution in [0.1, 0.15) is 16.7 Å². The van der Waals surface area contributed by atoms with Gasteiger partial charge in [-0.15, -0.1) is 11.3 Å². The lowest BCUT2D eigenvalue weighted by atomic mass is 10.1. The van der Waals surface area contributed by atoms with Crippen LogP contribution in [0.2, 0.25) is 0 Å². The van der Waals surface area contributed by atoms with E-state index >= 15 is 0 Å². The van der Waals surface area contributed by atoms with Crippen molar-refractivity contribution in [3.63, 3.8) is 0 Å². The van der Waals surface area contributed by atoms with Gasteiger partial charge < -0.3 is 19.5 Å². The molecule has 10 heteroatoms. The van der Waals surface area contributed by atoms with Crippen LogP contribution in [0.25, 0.3) is 17.3 Å². The lowest BCUT2D eigenvalue weighted by molar-refractivity contribution is -0.115. The highest BCUT2D eigenvalue weighted by molar-refractivity contribution is 7.07. The van der Waals surface area contributed by atoms with Crippen molar-refractivity contribution >= 4 is 28.9 Å². The molecule has 0 spiro atoms. The highest BCUT2D eigenvalue weighted by Crippen LogP contribution is 2.32. The SMILES string of the molecule is Cc1ccc(-n2c(=O)/c(=C/c3ccc4c(c3)OCO4)s/c2=C(/C#N)C(=O)NCCN2CCOCC2)c(C)c1. The van der Waals surface area contributed by atoms with Crippen LogP contribution in [-0.2, 0) is 9.53 Å². The topological polar surface area (TPSA) is 106 Å². The number of carbonyl (C=O) groups excluding carboxylic acids is 1. The van der Waals surface area contributed by atoms with Gasteiger partial charge in [-0.05, 0) is 49.2 Å². The van der Waals surface area contributed by atoms with Gasteiger partial charge in [-0.2, -0.15) is 5.26 Å². The van der Waals surface area contributed by atoms with Gasteiger partial charge in [-0.3, -0.25) is 19.1 Å². The lowest BCUT2D eigenvalue weighted by Crippen LogP contribution is -2.42. The highest BCUT2D eigenvalue weighted by Gasteiger charge is 2.19. The number of nitriles is 1. The van der Waals surface area contributed by atoms with Gasteiger partial charge in [0.15, 0.2) is 17.1 Å². The summed E-state index contributed by atoms with van der Waals surface area (Å²) in [6, 6.07) is 13.2. The van der Waals surface area contributed by atoms with Gasteiger partial charge in [0.1, 0.15) is 10.7 Å². The Balaban J connectivity index is 1.58. The van der Waals surface area contributed by atoms with Gasteiger partial charge in [0, 0.05) is 26.2 Å². The fourth-order valence-corrected chi connectivity index (χ4v) is 5.61. The fraction of sp³-hybridized carbons (Fsp3) is 0.321. The Hall–Kier alpha value is -3.91. The summed E-state index contributed by atoms with van der Waals surface area (Å²) < 4.78 is 18.4. The van der Waals surface area contributed by atoms with E-state index in [0.717, 1.165) is 41.1 Å². The third kappa shape index (κ3) is 5.36. The number of carbonyl (C=O) groups is 1. The zero-order chi connectivity index (χ0) is 26.6.